The van der Waals surface area contributed by atoms with Crippen LogP contribution in [0.1, 0.15) is 16.8 Å². The number of amides is 2. The third-order valence-electron chi connectivity index (χ3n) is 3.64. The van der Waals surface area contributed by atoms with E-state index in [4.69, 9.17) is 23.2 Å². The fraction of sp³-hybridized carbons (Fsp3) is 0.125. The third kappa shape index (κ3) is 3.49. The Labute approximate surface area is 154 Å². The highest BCUT2D eigenvalue weighted by Crippen LogP contribution is 2.30. The molecule has 1 heterocycles. The summed E-state index contributed by atoms with van der Waals surface area (Å²) in [6.45, 7) is 0. The van der Waals surface area contributed by atoms with Gasteiger partial charge in [0.2, 0.25) is 15.9 Å². The summed E-state index contributed by atoms with van der Waals surface area (Å²) in [5.41, 5.74) is 0.760. The third-order valence-corrected chi connectivity index (χ3v) is 5.96. The van der Waals surface area contributed by atoms with Crippen LogP contribution in [-0.2, 0) is 14.8 Å². The Morgan fingerprint density at radius 1 is 1.04 bits per heavy atom. The second kappa shape index (κ2) is 6.67. The molecule has 1 saturated heterocycles. The van der Waals surface area contributed by atoms with Gasteiger partial charge in [-0.2, -0.15) is 0 Å². The monoisotopic (exact) mass is 398 g/mol. The lowest BCUT2D eigenvalue weighted by molar-refractivity contribution is -0.116. The smallest absolute Gasteiger partial charge is 0.255 e. The van der Waals surface area contributed by atoms with Crippen molar-refractivity contribution in [1.82, 2.24) is 0 Å². The van der Waals surface area contributed by atoms with Crippen LogP contribution in [0.2, 0.25) is 10.0 Å². The molecule has 0 unspecified atom stereocenters. The van der Waals surface area contributed by atoms with E-state index in [0.717, 1.165) is 4.31 Å². The largest absolute Gasteiger partial charge is 0.319 e. The molecule has 0 aliphatic carbocycles. The summed E-state index contributed by atoms with van der Waals surface area (Å²) in [5.74, 6) is -1.16. The zero-order chi connectivity index (χ0) is 18.2. The highest BCUT2D eigenvalue weighted by atomic mass is 35.5. The number of hydrogen-bond acceptors (Lipinski definition) is 4. The summed E-state index contributed by atoms with van der Waals surface area (Å²) >= 11 is 12.0. The van der Waals surface area contributed by atoms with Gasteiger partial charge in [0.05, 0.1) is 27.2 Å². The van der Waals surface area contributed by atoms with Crippen molar-refractivity contribution in [3.05, 3.63) is 58.1 Å². The fourth-order valence-electron chi connectivity index (χ4n) is 2.42. The maximum atomic E-state index is 12.3. The lowest BCUT2D eigenvalue weighted by atomic mass is 10.2. The number of sulfonamides is 1. The van der Waals surface area contributed by atoms with Crippen LogP contribution in [0.4, 0.5) is 11.4 Å². The SMILES string of the molecule is O=C(Nc1c(Cl)cccc1Cl)c1ccc(N2C(=O)CCS2(=O)=O)cc1. The van der Waals surface area contributed by atoms with Gasteiger partial charge < -0.3 is 5.32 Å². The first kappa shape index (κ1) is 17.7. The number of carbonyl (C=O) groups is 2. The number of halogens is 2. The maximum Gasteiger partial charge on any atom is 0.255 e. The Kier molecular flexibility index (Phi) is 4.73. The van der Waals surface area contributed by atoms with E-state index < -0.39 is 21.8 Å². The van der Waals surface area contributed by atoms with E-state index in [0.29, 0.717) is 10.0 Å². The molecule has 130 valence electrons. The number of hydrogen-bond donors (Lipinski definition) is 1. The van der Waals surface area contributed by atoms with Crippen LogP contribution >= 0.6 is 23.2 Å². The summed E-state index contributed by atoms with van der Waals surface area (Å²) < 4.78 is 24.6. The van der Waals surface area contributed by atoms with E-state index in [1.807, 2.05) is 0 Å². The molecule has 0 radical (unpaired) electrons. The van der Waals surface area contributed by atoms with Gasteiger partial charge >= 0.3 is 0 Å². The van der Waals surface area contributed by atoms with Gasteiger partial charge in [-0.15, -0.1) is 0 Å². The topological polar surface area (TPSA) is 83.6 Å². The first-order valence-corrected chi connectivity index (χ1v) is 9.57. The van der Waals surface area contributed by atoms with Crippen molar-refractivity contribution in [3.63, 3.8) is 0 Å². The van der Waals surface area contributed by atoms with Crippen molar-refractivity contribution < 1.29 is 18.0 Å². The first-order valence-electron chi connectivity index (χ1n) is 7.21. The molecule has 2 aromatic rings. The van der Waals surface area contributed by atoms with Gasteiger partial charge in [-0.25, -0.2) is 12.7 Å². The van der Waals surface area contributed by atoms with Crippen LogP contribution in [0.15, 0.2) is 42.5 Å². The Morgan fingerprint density at radius 2 is 1.64 bits per heavy atom. The van der Waals surface area contributed by atoms with E-state index in [9.17, 15) is 18.0 Å². The molecule has 1 fully saturated rings. The van der Waals surface area contributed by atoms with Crippen LogP contribution < -0.4 is 9.62 Å². The molecular formula is C16H12Cl2N2O4S. The van der Waals surface area contributed by atoms with Crippen molar-refractivity contribution >= 4 is 56.4 Å². The average Bonchev–Trinajstić information content (AvgIpc) is 2.84. The Hall–Kier alpha value is -2.09. The number of nitrogens with zero attached hydrogens (tertiary/aromatic N) is 1. The molecule has 3 rings (SSSR count). The van der Waals surface area contributed by atoms with Crippen molar-refractivity contribution in [2.75, 3.05) is 15.4 Å². The summed E-state index contributed by atoms with van der Waals surface area (Å²) in [7, 11) is -3.63. The number of rotatable bonds is 3. The van der Waals surface area contributed by atoms with Crippen LogP contribution in [0, 0.1) is 0 Å². The molecule has 6 nitrogen and oxygen atoms in total. The standard InChI is InChI=1S/C16H12Cl2N2O4S/c17-12-2-1-3-13(18)15(12)19-16(22)10-4-6-11(7-5-10)20-14(21)8-9-25(20,23)24/h1-7H,8-9H2,(H,19,22). The normalized spacial score (nSPS) is 16.1. The predicted molar refractivity (Wildman–Crippen MR) is 96.7 cm³/mol. The highest BCUT2D eigenvalue weighted by molar-refractivity contribution is 7.94. The molecule has 0 spiro atoms. The van der Waals surface area contributed by atoms with Crippen LogP contribution in [0.25, 0.3) is 0 Å². The average molecular weight is 399 g/mol. The minimum Gasteiger partial charge on any atom is -0.319 e. The molecule has 1 aliphatic heterocycles. The second-order valence-electron chi connectivity index (χ2n) is 5.32. The quantitative estimate of drug-likeness (QED) is 0.859. The maximum absolute atomic E-state index is 12.3. The van der Waals surface area contributed by atoms with Crippen LogP contribution in [0.3, 0.4) is 0 Å². The van der Waals surface area contributed by atoms with E-state index >= 15 is 0 Å². The van der Waals surface area contributed by atoms with Crippen LogP contribution in [0.5, 0.6) is 0 Å². The zero-order valence-corrected chi connectivity index (χ0v) is 15.0. The van der Waals surface area contributed by atoms with E-state index in [-0.39, 0.29) is 29.1 Å². The van der Waals surface area contributed by atoms with Crippen molar-refractivity contribution in [1.29, 1.82) is 0 Å². The fourth-order valence-corrected chi connectivity index (χ4v) is 4.37. The summed E-state index contributed by atoms with van der Waals surface area (Å²) in [4.78, 5) is 24.1. The van der Waals surface area contributed by atoms with Gasteiger partial charge in [0, 0.05) is 12.0 Å². The zero-order valence-electron chi connectivity index (χ0n) is 12.7. The van der Waals surface area contributed by atoms with Gasteiger partial charge in [0.25, 0.3) is 5.91 Å². The molecule has 0 bridgehead atoms. The summed E-state index contributed by atoms with van der Waals surface area (Å²) in [6.07, 6.45) is -0.0461. The van der Waals surface area contributed by atoms with Gasteiger partial charge in [0.1, 0.15) is 0 Å². The Balaban J connectivity index is 1.83. The molecule has 2 amide bonds. The van der Waals surface area contributed by atoms with Gasteiger partial charge in [0.15, 0.2) is 0 Å². The summed E-state index contributed by atoms with van der Waals surface area (Å²) in [5, 5.41) is 3.20. The minimum absolute atomic E-state index is 0.0461. The second-order valence-corrected chi connectivity index (χ2v) is 8.07. The number of benzene rings is 2. The predicted octanol–water partition coefficient (Wildman–Crippen LogP) is 3.31. The van der Waals surface area contributed by atoms with Crippen LogP contribution in [-0.4, -0.2) is 26.0 Å². The van der Waals surface area contributed by atoms with E-state index in [1.54, 1.807) is 18.2 Å². The lowest BCUT2D eigenvalue weighted by Gasteiger charge is -2.15. The molecular weight excluding hydrogens is 387 g/mol. The number of para-hydroxylation sites is 1. The van der Waals surface area contributed by atoms with Gasteiger partial charge in [-0.1, -0.05) is 29.3 Å². The molecule has 0 atom stereocenters. The first-order chi connectivity index (χ1) is 11.8. The van der Waals surface area contributed by atoms with E-state index in [2.05, 4.69) is 5.32 Å². The molecule has 25 heavy (non-hydrogen) atoms. The van der Waals surface area contributed by atoms with E-state index in [1.165, 1.54) is 24.3 Å². The summed E-state index contributed by atoms with van der Waals surface area (Å²) in [6, 6.07) is 10.5. The Bertz CT molecular complexity index is 938. The van der Waals surface area contributed by atoms with Gasteiger partial charge in [-0.3, -0.25) is 9.59 Å². The minimum atomic E-state index is -3.63. The molecule has 0 saturated carbocycles. The molecule has 1 N–H and O–H groups in total. The van der Waals surface area contributed by atoms with Gasteiger partial charge in [-0.05, 0) is 36.4 Å². The lowest BCUT2D eigenvalue weighted by Crippen LogP contribution is -2.29. The van der Waals surface area contributed by atoms with Crippen molar-refractivity contribution in [2.45, 2.75) is 6.42 Å². The van der Waals surface area contributed by atoms with Crippen molar-refractivity contribution in [3.8, 4) is 0 Å². The molecule has 0 aromatic heterocycles. The number of anilines is 2. The highest BCUT2D eigenvalue weighted by Gasteiger charge is 2.36. The molecule has 1 aliphatic rings. The molecule has 2 aromatic carbocycles. The molecule has 9 heteroatoms. The Morgan fingerprint density at radius 3 is 2.16 bits per heavy atom. The van der Waals surface area contributed by atoms with Crippen molar-refractivity contribution in [2.24, 2.45) is 0 Å². The number of carbonyl (C=O) groups excluding carboxylic acids is 2. The number of nitrogens with one attached hydrogen (secondary N) is 1.